The second-order valence-corrected chi connectivity index (χ2v) is 12.2. The van der Waals surface area contributed by atoms with Crippen LogP contribution in [0.4, 0.5) is 35.1 Å². The van der Waals surface area contributed by atoms with Crippen LogP contribution in [0.5, 0.6) is 5.75 Å². The van der Waals surface area contributed by atoms with E-state index in [2.05, 4.69) is 22.7 Å². The highest BCUT2D eigenvalue weighted by Crippen LogP contribution is 2.39. The van der Waals surface area contributed by atoms with Gasteiger partial charge in [0.1, 0.15) is 28.8 Å². The lowest BCUT2D eigenvalue weighted by Gasteiger charge is -2.28. The molecule has 4 aromatic rings. The maximum atomic E-state index is 15.1. The molecule has 0 radical (unpaired) electrons. The summed E-state index contributed by atoms with van der Waals surface area (Å²) in [6.45, 7) is 2.23. The number of unbranched alkanes of at least 4 members (excludes halogenated alkanes) is 2. The average Bonchev–Trinajstić information content (AvgIpc) is 3.02. The van der Waals surface area contributed by atoms with Crippen molar-refractivity contribution in [3.8, 4) is 16.9 Å². The third-order valence-electron chi connectivity index (χ3n) is 8.93. The fourth-order valence-electron chi connectivity index (χ4n) is 6.31. The Balaban J connectivity index is 1.21. The maximum absolute atomic E-state index is 15.1. The van der Waals surface area contributed by atoms with Gasteiger partial charge in [0.05, 0.1) is 0 Å². The zero-order chi connectivity index (χ0) is 33.7. The van der Waals surface area contributed by atoms with Crippen molar-refractivity contribution in [2.24, 2.45) is 5.92 Å². The first-order valence-electron chi connectivity index (χ1n) is 15.9. The Morgan fingerprint density at radius 2 is 1.43 bits per heavy atom. The molecule has 0 amide bonds. The lowest BCUT2D eigenvalue weighted by Crippen LogP contribution is -2.25. The third kappa shape index (κ3) is 8.32. The van der Waals surface area contributed by atoms with E-state index >= 15 is 4.39 Å². The van der Waals surface area contributed by atoms with Crippen LogP contribution in [0.3, 0.4) is 0 Å². The fraction of sp³-hybridized carbons (Fsp3) is 0.378. The molecule has 1 saturated carbocycles. The van der Waals surface area contributed by atoms with E-state index in [1.54, 1.807) is 6.07 Å². The number of nitrogens with zero attached hydrogens (tertiary/aromatic N) is 1. The van der Waals surface area contributed by atoms with Gasteiger partial charge in [0.25, 0.3) is 0 Å². The molecule has 0 aliphatic heterocycles. The van der Waals surface area contributed by atoms with Crippen LogP contribution < -0.4 is 4.74 Å². The van der Waals surface area contributed by atoms with Crippen LogP contribution in [-0.2, 0) is 19.0 Å². The molecule has 0 unspecified atom stereocenters. The molecule has 3 aromatic carbocycles. The van der Waals surface area contributed by atoms with Gasteiger partial charge in [-0.1, -0.05) is 50.8 Å². The lowest BCUT2D eigenvalue weighted by atomic mass is 9.77. The Kier molecular flexibility index (Phi) is 10.9. The molecule has 10 heteroatoms. The van der Waals surface area contributed by atoms with Gasteiger partial charge < -0.3 is 4.74 Å². The topological polar surface area (TPSA) is 22.1 Å². The van der Waals surface area contributed by atoms with E-state index in [1.807, 2.05) is 12.3 Å². The summed E-state index contributed by atoms with van der Waals surface area (Å²) in [5, 5.41) is 0. The molecule has 1 heterocycles. The first kappa shape index (κ1) is 34.4. The molecular weight excluding hydrogens is 626 g/mol. The smallest absolute Gasteiger partial charge is 0.429 e. The predicted molar refractivity (Wildman–Crippen MR) is 163 cm³/mol. The summed E-state index contributed by atoms with van der Waals surface area (Å²) in [6, 6.07) is 9.42. The molecule has 0 atom stereocenters. The zero-order valence-corrected chi connectivity index (χ0v) is 25.9. The van der Waals surface area contributed by atoms with Gasteiger partial charge in [-0.15, -0.1) is 0 Å². The van der Waals surface area contributed by atoms with Crippen LogP contribution in [0.2, 0.25) is 0 Å². The van der Waals surface area contributed by atoms with Crippen molar-refractivity contribution in [3.05, 3.63) is 118 Å². The molecule has 5 rings (SSSR count). The molecule has 0 bridgehead atoms. The van der Waals surface area contributed by atoms with E-state index in [-0.39, 0.29) is 23.3 Å². The molecule has 1 fully saturated rings. The van der Waals surface area contributed by atoms with Gasteiger partial charge in [-0.2, -0.15) is 8.78 Å². The number of halogens is 8. The minimum absolute atomic E-state index is 0.111. The van der Waals surface area contributed by atoms with Gasteiger partial charge in [0.15, 0.2) is 17.5 Å². The van der Waals surface area contributed by atoms with Gasteiger partial charge in [-0.05, 0) is 91.3 Å². The summed E-state index contributed by atoms with van der Waals surface area (Å²) in [6.07, 6.45) is 8.21. The quantitative estimate of drug-likeness (QED) is 0.0856. The Morgan fingerprint density at radius 3 is 2.02 bits per heavy atom. The Bertz CT molecular complexity index is 1640. The fourth-order valence-corrected chi connectivity index (χ4v) is 6.31. The van der Waals surface area contributed by atoms with Crippen LogP contribution in [-0.4, -0.2) is 4.98 Å². The zero-order valence-electron chi connectivity index (χ0n) is 25.9. The molecule has 1 aliphatic carbocycles. The summed E-state index contributed by atoms with van der Waals surface area (Å²) in [5.74, 6) is -9.83. The number of aryl methyl sites for hydroxylation is 2. The van der Waals surface area contributed by atoms with Crippen molar-refractivity contribution in [1.82, 2.24) is 4.98 Å². The Morgan fingerprint density at radius 1 is 0.745 bits per heavy atom. The predicted octanol–water partition coefficient (Wildman–Crippen LogP) is 11.4. The molecule has 2 nitrogen and oxygen atoms in total. The molecule has 1 aromatic heterocycles. The summed E-state index contributed by atoms with van der Waals surface area (Å²) in [4.78, 5) is 4.62. The van der Waals surface area contributed by atoms with Crippen LogP contribution in [0, 0.1) is 40.8 Å². The van der Waals surface area contributed by atoms with Gasteiger partial charge in [0, 0.05) is 29.6 Å². The summed E-state index contributed by atoms with van der Waals surface area (Å²) < 4.78 is 118. The lowest BCUT2D eigenvalue weighted by molar-refractivity contribution is -0.189. The van der Waals surface area contributed by atoms with Crippen LogP contribution >= 0.6 is 0 Å². The highest BCUT2D eigenvalue weighted by atomic mass is 19.3. The van der Waals surface area contributed by atoms with Crippen molar-refractivity contribution in [3.63, 3.8) is 0 Å². The number of benzene rings is 3. The number of alkyl halides is 2. The molecule has 250 valence electrons. The minimum Gasteiger partial charge on any atom is -0.429 e. The first-order valence-corrected chi connectivity index (χ1v) is 15.9. The summed E-state index contributed by atoms with van der Waals surface area (Å²) in [5.41, 5.74) is 0.249. The number of aromatic nitrogens is 1. The van der Waals surface area contributed by atoms with E-state index in [9.17, 15) is 30.7 Å². The van der Waals surface area contributed by atoms with E-state index in [0.29, 0.717) is 36.5 Å². The number of hydrogen-bond donors (Lipinski definition) is 0. The van der Waals surface area contributed by atoms with Crippen molar-refractivity contribution < 1.29 is 39.9 Å². The monoisotopic (exact) mass is 661 g/mol. The minimum atomic E-state index is -4.74. The highest BCUT2D eigenvalue weighted by Gasteiger charge is 2.41. The third-order valence-corrected chi connectivity index (χ3v) is 8.93. The molecule has 0 N–H and O–H groups in total. The Hall–Kier alpha value is -3.95. The van der Waals surface area contributed by atoms with E-state index in [1.165, 1.54) is 69.1 Å². The van der Waals surface area contributed by atoms with E-state index < -0.39 is 52.3 Å². The number of ether oxygens (including phenoxy) is 1. The van der Waals surface area contributed by atoms with Crippen LogP contribution in [0.25, 0.3) is 11.1 Å². The maximum Gasteiger partial charge on any atom is 0.432 e. The number of pyridine rings is 1. The molecule has 47 heavy (non-hydrogen) atoms. The second kappa shape index (κ2) is 14.9. The van der Waals surface area contributed by atoms with Crippen LogP contribution in [0.1, 0.15) is 86.6 Å². The highest BCUT2D eigenvalue weighted by molar-refractivity contribution is 5.65. The van der Waals surface area contributed by atoms with Crippen molar-refractivity contribution in [2.45, 2.75) is 83.2 Å². The van der Waals surface area contributed by atoms with E-state index in [4.69, 9.17) is 0 Å². The standard InChI is InChI=1S/C37H35F8NO/c1-2-3-4-5-22-6-10-24(11-7-22)25-12-14-27(46-21-25)13-8-23-9-15-29(30(38)16-23)26-17-31(39)35(32(40)18-26)37(44,45)47-28-19-33(41)36(43)34(42)20-28/h9,12,14-22,24H,2-8,10-11,13H2,1H3. The van der Waals surface area contributed by atoms with Gasteiger partial charge >= 0.3 is 6.11 Å². The number of hydrogen-bond acceptors (Lipinski definition) is 2. The van der Waals surface area contributed by atoms with Crippen molar-refractivity contribution in [2.75, 3.05) is 0 Å². The van der Waals surface area contributed by atoms with Crippen molar-refractivity contribution in [1.29, 1.82) is 0 Å². The largest absolute Gasteiger partial charge is 0.432 e. The van der Waals surface area contributed by atoms with Crippen molar-refractivity contribution >= 4 is 0 Å². The summed E-state index contributed by atoms with van der Waals surface area (Å²) in [7, 11) is 0. The second-order valence-electron chi connectivity index (χ2n) is 12.2. The average molecular weight is 662 g/mol. The molecule has 0 saturated heterocycles. The van der Waals surface area contributed by atoms with Gasteiger partial charge in [0.2, 0.25) is 0 Å². The summed E-state index contributed by atoms with van der Waals surface area (Å²) >= 11 is 0. The molecular formula is C37H35F8NO. The SMILES string of the molecule is CCCCCC1CCC(c2ccc(CCc3ccc(-c4cc(F)c(C(F)(F)Oc5cc(F)c(F)c(F)c5)c(F)c4)c(F)c3)nc2)CC1. The van der Waals surface area contributed by atoms with Crippen LogP contribution in [0.15, 0.2) is 60.8 Å². The molecule has 1 aliphatic rings. The van der Waals surface area contributed by atoms with Gasteiger partial charge in [-0.25, -0.2) is 26.3 Å². The Labute approximate surface area is 268 Å². The molecule has 0 spiro atoms. The first-order chi connectivity index (χ1) is 22.4. The normalized spacial score (nSPS) is 16.8. The van der Waals surface area contributed by atoms with E-state index in [0.717, 1.165) is 11.6 Å². The number of rotatable bonds is 12. The van der Waals surface area contributed by atoms with Gasteiger partial charge in [-0.3, -0.25) is 4.98 Å².